The molecule has 5 heteroatoms. The van der Waals surface area contributed by atoms with E-state index in [0.29, 0.717) is 25.1 Å². The van der Waals surface area contributed by atoms with Gasteiger partial charge in [-0.25, -0.2) is 0 Å². The summed E-state index contributed by atoms with van der Waals surface area (Å²) in [4.78, 5) is 0. The first kappa shape index (κ1) is 18.3. The van der Waals surface area contributed by atoms with Gasteiger partial charge in [0.2, 0.25) is 0 Å². The summed E-state index contributed by atoms with van der Waals surface area (Å²) >= 11 is 0. The van der Waals surface area contributed by atoms with Crippen LogP contribution in [0.2, 0.25) is 0 Å². The predicted molar refractivity (Wildman–Crippen MR) is 88.8 cm³/mol. The number of alkyl halides is 3. The molecule has 0 bridgehead atoms. The molecule has 2 aromatic rings. The van der Waals surface area contributed by atoms with Crippen molar-refractivity contribution in [3.05, 3.63) is 65.7 Å². The molecule has 2 aromatic carbocycles. The van der Waals surface area contributed by atoms with Gasteiger partial charge in [-0.2, -0.15) is 13.2 Å². The normalized spacial score (nSPS) is 14.2. The van der Waals surface area contributed by atoms with E-state index in [9.17, 15) is 13.2 Å². The molecule has 2 nitrogen and oxygen atoms in total. The van der Waals surface area contributed by atoms with Crippen molar-refractivity contribution in [1.82, 2.24) is 0 Å². The third-order valence-corrected chi connectivity index (χ3v) is 4.15. The van der Waals surface area contributed by atoms with Crippen molar-refractivity contribution in [2.75, 3.05) is 6.54 Å². The monoisotopic (exact) mass is 337 g/mol. The van der Waals surface area contributed by atoms with Crippen LogP contribution in [0.4, 0.5) is 13.2 Å². The molecule has 1 unspecified atom stereocenters. The van der Waals surface area contributed by atoms with Crippen LogP contribution < -0.4 is 10.5 Å². The first-order chi connectivity index (χ1) is 11.4. The molecule has 0 aromatic heterocycles. The Bertz CT molecular complexity index is 625. The smallest absolute Gasteiger partial charge is 0.416 e. The SMILES string of the molecule is CCC(CCCN)(Oc1ccc(C(F)(F)F)cc1)c1ccccc1. The maximum absolute atomic E-state index is 12.7. The van der Waals surface area contributed by atoms with E-state index in [2.05, 4.69) is 0 Å². The highest BCUT2D eigenvalue weighted by atomic mass is 19.4. The summed E-state index contributed by atoms with van der Waals surface area (Å²) in [6, 6.07) is 14.6. The molecule has 0 spiro atoms. The Morgan fingerprint density at radius 1 is 0.917 bits per heavy atom. The van der Waals surface area contributed by atoms with Crippen LogP contribution in [0.1, 0.15) is 37.3 Å². The zero-order chi connectivity index (χ0) is 17.6. The van der Waals surface area contributed by atoms with E-state index < -0.39 is 17.3 Å². The lowest BCUT2D eigenvalue weighted by atomic mass is 9.86. The van der Waals surface area contributed by atoms with Crippen molar-refractivity contribution < 1.29 is 17.9 Å². The largest absolute Gasteiger partial charge is 0.483 e. The number of ether oxygens (including phenoxy) is 1. The molecule has 24 heavy (non-hydrogen) atoms. The van der Waals surface area contributed by atoms with Gasteiger partial charge in [0.15, 0.2) is 0 Å². The number of rotatable bonds is 7. The Hall–Kier alpha value is -2.01. The van der Waals surface area contributed by atoms with E-state index in [-0.39, 0.29) is 0 Å². The molecule has 0 aliphatic carbocycles. The van der Waals surface area contributed by atoms with Crippen LogP contribution in [0.25, 0.3) is 0 Å². The average molecular weight is 337 g/mol. The summed E-state index contributed by atoms with van der Waals surface area (Å²) in [7, 11) is 0. The topological polar surface area (TPSA) is 35.2 Å². The van der Waals surface area contributed by atoms with Crippen LogP contribution in [-0.2, 0) is 11.8 Å². The van der Waals surface area contributed by atoms with E-state index in [0.717, 1.165) is 24.1 Å². The number of nitrogens with two attached hydrogens (primary N) is 1. The minimum atomic E-state index is -4.35. The molecular formula is C19H22F3NO. The lowest BCUT2D eigenvalue weighted by molar-refractivity contribution is -0.137. The van der Waals surface area contributed by atoms with Crippen molar-refractivity contribution in [1.29, 1.82) is 0 Å². The van der Waals surface area contributed by atoms with Gasteiger partial charge in [0, 0.05) is 0 Å². The van der Waals surface area contributed by atoms with Gasteiger partial charge in [-0.05, 0) is 55.6 Å². The Kier molecular flexibility index (Phi) is 5.89. The maximum atomic E-state index is 12.7. The van der Waals surface area contributed by atoms with Crippen LogP contribution in [-0.4, -0.2) is 6.54 Å². The fourth-order valence-electron chi connectivity index (χ4n) is 2.77. The zero-order valence-electron chi connectivity index (χ0n) is 13.6. The van der Waals surface area contributed by atoms with Crippen LogP contribution in [0.15, 0.2) is 54.6 Å². The van der Waals surface area contributed by atoms with E-state index >= 15 is 0 Å². The standard InChI is InChI=1S/C19H22F3NO/c1-2-18(13-6-14-23,15-7-4-3-5-8-15)24-17-11-9-16(10-12-17)19(20,21)22/h3-5,7-12H,2,6,13-14,23H2,1H3. The quantitative estimate of drug-likeness (QED) is 0.760. The molecule has 2 rings (SSSR count). The fraction of sp³-hybridized carbons (Fsp3) is 0.368. The Balaban J connectivity index is 2.31. The average Bonchev–Trinajstić information content (AvgIpc) is 2.59. The van der Waals surface area contributed by atoms with Gasteiger partial charge in [-0.1, -0.05) is 37.3 Å². The van der Waals surface area contributed by atoms with Crippen molar-refractivity contribution >= 4 is 0 Å². The van der Waals surface area contributed by atoms with Crippen molar-refractivity contribution in [3.8, 4) is 5.75 Å². The maximum Gasteiger partial charge on any atom is 0.416 e. The molecule has 0 saturated heterocycles. The number of benzene rings is 2. The van der Waals surface area contributed by atoms with Gasteiger partial charge in [0.05, 0.1) is 5.56 Å². The molecule has 2 N–H and O–H groups in total. The van der Waals surface area contributed by atoms with E-state index in [1.165, 1.54) is 12.1 Å². The second-order valence-electron chi connectivity index (χ2n) is 5.73. The molecule has 0 aliphatic heterocycles. The van der Waals surface area contributed by atoms with Gasteiger partial charge >= 0.3 is 6.18 Å². The molecule has 0 fully saturated rings. The van der Waals surface area contributed by atoms with Gasteiger partial charge in [0.25, 0.3) is 0 Å². The van der Waals surface area contributed by atoms with Gasteiger partial charge in [-0.15, -0.1) is 0 Å². The second kappa shape index (κ2) is 7.71. The Labute approximate surface area is 140 Å². The summed E-state index contributed by atoms with van der Waals surface area (Å²) in [5, 5.41) is 0. The van der Waals surface area contributed by atoms with Crippen LogP contribution in [0.5, 0.6) is 5.75 Å². The van der Waals surface area contributed by atoms with E-state index in [4.69, 9.17) is 10.5 Å². The first-order valence-electron chi connectivity index (χ1n) is 8.03. The van der Waals surface area contributed by atoms with E-state index in [1.54, 1.807) is 0 Å². The van der Waals surface area contributed by atoms with Crippen molar-refractivity contribution in [3.63, 3.8) is 0 Å². The van der Waals surface area contributed by atoms with Crippen molar-refractivity contribution in [2.45, 2.75) is 38.0 Å². The molecule has 130 valence electrons. The van der Waals surface area contributed by atoms with Crippen LogP contribution >= 0.6 is 0 Å². The summed E-state index contributed by atoms with van der Waals surface area (Å²) in [5.74, 6) is 0.422. The number of hydrogen-bond donors (Lipinski definition) is 1. The third kappa shape index (κ3) is 4.29. The predicted octanol–water partition coefficient (Wildman–Crippen LogP) is 5.13. The zero-order valence-corrected chi connectivity index (χ0v) is 13.6. The molecule has 0 radical (unpaired) electrons. The lowest BCUT2D eigenvalue weighted by Crippen LogP contribution is -2.33. The molecule has 1 atom stereocenters. The summed E-state index contributed by atoms with van der Waals surface area (Å²) in [5.41, 5.74) is 5.37. The second-order valence-corrected chi connectivity index (χ2v) is 5.73. The number of halogens is 3. The van der Waals surface area contributed by atoms with Crippen LogP contribution in [0.3, 0.4) is 0 Å². The van der Waals surface area contributed by atoms with E-state index in [1.807, 2.05) is 37.3 Å². The van der Waals surface area contributed by atoms with Crippen LogP contribution in [0, 0.1) is 0 Å². The Morgan fingerprint density at radius 3 is 2.04 bits per heavy atom. The van der Waals surface area contributed by atoms with Gasteiger partial charge in [-0.3, -0.25) is 0 Å². The summed E-state index contributed by atoms with van der Waals surface area (Å²) in [6.45, 7) is 2.54. The minimum Gasteiger partial charge on any atom is -0.483 e. The fourth-order valence-corrected chi connectivity index (χ4v) is 2.77. The Morgan fingerprint density at radius 2 is 1.54 bits per heavy atom. The van der Waals surface area contributed by atoms with Crippen molar-refractivity contribution in [2.24, 2.45) is 5.73 Å². The van der Waals surface area contributed by atoms with Gasteiger partial charge < -0.3 is 10.5 Å². The minimum absolute atomic E-state index is 0.422. The highest BCUT2D eigenvalue weighted by Gasteiger charge is 2.33. The highest BCUT2D eigenvalue weighted by molar-refractivity contribution is 5.31. The molecule has 0 saturated carbocycles. The van der Waals surface area contributed by atoms with Gasteiger partial charge in [0.1, 0.15) is 11.4 Å². The lowest BCUT2D eigenvalue weighted by Gasteiger charge is -2.34. The molecule has 0 heterocycles. The first-order valence-corrected chi connectivity index (χ1v) is 8.03. The summed E-state index contributed by atoms with van der Waals surface area (Å²) in [6.07, 6.45) is -2.19. The molecule has 0 aliphatic rings. The number of hydrogen-bond acceptors (Lipinski definition) is 2. The highest BCUT2D eigenvalue weighted by Crippen LogP contribution is 2.37. The molecule has 0 amide bonds. The third-order valence-electron chi connectivity index (χ3n) is 4.15. The summed E-state index contributed by atoms with van der Waals surface area (Å²) < 4.78 is 44.3. The molecular weight excluding hydrogens is 315 g/mol.